The highest BCUT2D eigenvalue weighted by molar-refractivity contribution is 5.92. The number of imidazole rings is 1. The van der Waals surface area contributed by atoms with Gasteiger partial charge in [-0.3, -0.25) is 4.79 Å². The van der Waals surface area contributed by atoms with E-state index < -0.39 is 0 Å². The van der Waals surface area contributed by atoms with Gasteiger partial charge in [-0.25, -0.2) is 4.98 Å². The third kappa shape index (κ3) is 2.82. The van der Waals surface area contributed by atoms with Gasteiger partial charge in [0.25, 0.3) is 5.91 Å². The Morgan fingerprint density at radius 3 is 2.69 bits per heavy atom. The van der Waals surface area contributed by atoms with Gasteiger partial charge < -0.3 is 15.0 Å². The van der Waals surface area contributed by atoms with Crippen molar-refractivity contribution in [1.29, 1.82) is 0 Å². The van der Waals surface area contributed by atoms with Crippen molar-refractivity contribution in [3.8, 4) is 0 Å². The minimum Gasteiger partial charge on any atom is -0.395 e. The first-order valence-corrected chi connectivity index (χ1v) is 5.64. The van der Waals surface area contributed by atoms with E-state index in [2.05, 4.69) is 9.97 Å². The predicted molar refractivity (Wildman–Crippen MR) is 61.1 cm³/mol. The molecule has 0 unspecified atom stereocenters. The zero-order valence-corrected chi connectivity index (χ0v) is 9.81. The number of aromatic amines is 1. The van der Waals surface area contributed by atoms with Crippen LogP contribution in [0.4, 0.5) is 0 Å². The summed E-state index contributed by atoms with van der Waals surface area (Å²) in [6.07, 6.45) is 4.76. The molecule has 0 aromatic carbocycles. The summed E-state index contributed by atoms with van der Waals surface area (Å²) in [6, 6.07) is 0.169. The topological polar surface area (TPSA) is 69.2 Å². The molecule has 1 aromatic rings. The first kappa shape index (κ1) is 12.7. The zero-order valence-electron chi connectivity index (χ0n) is 9.81. The van der Waals surface area contributed by atoms with Gasteiger partial charge in [0.1, 0.15) is 5.69 Å². The summed E-state index contributed by atoms with van der Waals surface area (Å²) in [6.45, 7) is 4.43. The van der Waals surface area contributed by atoms with E-state index >= 15 is 0 Å². The molecule has 1 rings (SSSR count). The average molecular weight is 225 g/mol. The lowest BCUT2D eigenvalue weighted by Gasteiger charge is -2.29. The van der Waals surface area contributed by atoms with Gasteiger partial charge in [-0.1, -0.05) is 13.8 Å². The molecule has 0 aliphatic carbocycles. The summed E-state index contributed by atoms with van der Waals surface area (Å²) in [4.78, 5) is 20.4. The van der Waals surface area contributed by atoms with Crippen molar-refractivity contribution in [2.24, 2.45) is 0 Å². The summed E-state index contributed by atoms with van der Waals surface area (Å²) in [5.41, 5.74) is 0.473. The van der Waals surface area contributed by atoms with Crippen LogP contribution < -0.4 is 0 Å². The number of nitrogens with one attached hydrogen (secondary N) is 1. The number of carbonyl (C=O) groups is 1. The van der Waals surface area contributed by atoms with Gasteiger partial charge in [-0.2, -0.15) is 0 Å². The van der Waals surface area contributed by atoms with E-state index in [1.165, 1.54) is 12.5 Å². The molecule has 2 N–H and O–H groups in total. The Labute approximate surface area is 95.5 Å². The van der Waals surface area contributed by atoms with Crippen molar-refractivity contribution in [3.05, 3.63) is 18.2 Å². The van der Waals surface area contributed by atoms with Crippen LogP contribution in [-0.4, -0.2) is 45.1 Å². The van der Waals surface area contributed by atoms with Crippen molar-refractivity contribution in [2.45, 2.75) is 32.7 Å². The van der Waals surface area contributed by atoms with Crippen molar-refractivity contribution in [2.75, 3.05) is 13.2 Å². The first-order chi connectivity index (χ1) is 7.74. The quantitative estimate of drug-likeness (QED) is 0.759. The van der Waals surface area contributed by atoms with Crippen LogP contribution in [0.5, 0.6) is 0 Å². The van der Waals surface area contributed by atoms with E-state index in [1.54, 1.807) is 4.90 Å². The fraction of sp³-hybridized carbons (Fsp3) is 0.636. The van der Waals surface area contributed by atoms with Crippen molar-refractivity contribution < 1.29 is 9.90 Å². The van der Waals surface area contributed by atoms with Crippen molar-refractivity contribution >= 4 is 5.91 Å². The van der Waals surface area contributed by atoms with Crippen LogP contribution in [0.1, 0.15) is 37.2 Å². The number of carbonyl (C=O) groups excluding carboxylic acids is 1. The molecular weight excluding hydrogens is 206 g/mol. The number of amides is 1. The van der Waals surface area contributed by atoms with E-state index in [-0.39, 0.29) is 18.6 Å². The Morgan fingerprint density at radius 1 is 1.56 bits per heavy atom. The maximum absolute atomic E-state index is 12.1. The average Bonchev–Trinajstić information content (AvgIpc) is 2.82. The normalized spacial score (nSPS) is 10.8. The fourth-order valence-electron chi connectivity index (χ4n) is 1.81. The standard InChI is InChI=1S/C11H19N3O2/c1-3-9(4-2)14(5-6-15)11(16)10-7-12-8-13-10/h7-9,15H,3-6H2,1-2H3,(H,12,13). The number of hydrogen-bond acceptors (Lipinski definition) is 3. The number of H-pyrrole nitrogens is 1. The number of aromatic nitrogens is 2. The smallest absolute Gasteiger partial charge is 0.272 e. The Balaban J connectivity index is 2.80. The minimum atomic E-state index is -0.0970. The first-order valence-electron chi connectivity index (χ1n) is 5.64. The summed E-state index contributed by atoms with van der Waals surface area (Å²) >= 11 is 0. The second-order valence-electron chi connectivity index (χ2n) is 3.66. The summed E-state index contributed by atoms with van der Waals surface area (Å²) < 4.78 is 0. The molecule has 0 spiro atoms. The lowest BCUT2D eigenvalue weighted by Crippen LogP contribution is -2.41. The third-order valence-electron chi connectivity index (χ3n) is 2.71. The van der Waals surface area contributed by atoms with Gasteiger partial charge in [-0.05, 0) is 12.8 Å². The Bertz CT molecular complexity index is 307. The van der Waals surface area contributed by atoms with Crippen LogP contribution in [0, 0.1) is 0 Å². The summed E-state index contributed by atoms with van der Waals surface area (Å²) in [5, 5.41) is 9.00. The monoisotopic (exact) mass is 225 g/mol. The second kappa shape index (κ2) is 6.27. The molecule has 5 heteroatoms. The molecule has 0 aliphatic heterocycles. The van der Waals surface area contributed by atoms with Gasteiger partial charge in [-0.15, -0.1) is 0 Å². The van der Waals surface area contributed by atoms with Crippen LogP contribution in [0.15, 0.2) is 12.5 Å². The van der Waals surface area contributed by atoms with Crippen LogP contribution in [0.3, 0.4) is 0 Å². The van der Waals surface area contributed by atoms with Gasteiger partial charge in [0.2, 0.25) is 0 Å². The van der Waals surface area contributed by atoms with Gasteiger partial charge in [0, 0.05) is 12.6 Å². The van der Waals surface area contributed by atoms with Crippen LogP contribution >= 0.6 is 0 Å². The molecule has 0 radical (unpaired) electrons. The highest BCUT2D eigenvalue weighted by atomic mass is 16.3. The van der Waals surface area contributed by atoms with E-state index in [0.717, 1.165) is 12.8 Å². The molecule has 0 saturated carbocycles. The SMILES string of the molecule is CCC(CC)N(CCO)C(=O)c1cnc[nH]1. The zero-order chi connectivity index (χ0) is 12.0. The molecule has 5 nitrogen and oxygen atoms in total. The molecule has 0 fully saturated rings. The predicted octanol–water partition coefficient (Wildman–Crippen LogP) is 1.03. The second-order valence-corrected chi connectivity index (χ2v) is 3.66. The fourth-order valence-corrected chi connectivity index (χ4v) is 1.81. The van der Waals surface area contributed by atoms with E-state index in [1.807, 2.05) is 13.8 Å². The molecule has 0 saturated heterocycles. The lowest BCUT2D eigenvalue weighted by atomic mass is 10.1. The number of aliphatic hydroxyl groups excluding tert-OH is 1. The number of rotatable bonds is 6. The maximum atomic E-state index is 12.1. The number of aliphatic hydroxyl groups is 1. The molecule has 0 bridgehead atoms. The largest absolute Gasteiger partial charge is 0.395 e. The maximum Gasteiger partial charge on any atom is 0.272 e. The molecule has 1 amide bonds. The number of hydrogen-bond donors (Lipinski definition) is 2. The molecular formula is C11H19N3O2. The van der Waals surface area contributed by atoms with Crippen LogP contribution in [0.2, 0.25) is 0 Å². The lowest BCUT2D eigenvalue weighted by molar-refractivity contribution is 0.0617. The molecule has 1 heterocycles. The van der Waals surface area contributed by atoms with E-state index in [4.69, 9.17) is 5.11 Å². The Hall–Kier alpha value is -1.36. The van der Waals surface area contributed by atoms with E-state index in [0.29, 0.717) is 12.2 Å². The molecule has 16 heavy (non-hydrogen) atoms. The molecule has 0 aliphatic rings. The van der Waals surface area contributed by atoms with Crippen molar-refractivity contribution in [1.82, 2.24) is 14.9 Å². The Morgan fingerprint density at radius 2 is 2.25 bits per heavy atom. The van der Waals surface area contributed by atoms with Gasteiger partial charge >= 0.3 is 0 Å². The van der Waals surface area contributed by atoms with Gasteiger partial charge in [0.15, 0.2) is 0 Å². The summed E-state index contributed by atoms with van der Waals surface area (Å²) in [5.74, 6) is -0.0970. The third-order valence-corrected chi connectivity index (χ3v) is 2.71. The van der Waals surface area contributed by atoms with Gasteiger partial charge in [0.05, 0.1) is 19.1 Å². The molecule has 90 valence electrons. The van der Waals surface area contributed by atoms with E-state index in [9.17, 15) is 4.79 Å². The van der Waals surface area contributed by atoms with Crippen LogP contribution in [-0.2, 0) is 0 Å². The highest BCUT2D eigenvalue weighted by Crippen LogP contribution is 2.11. The van der Waals surface area contributed by atoms with Crippen LogP contribution in [0.25, 0.3) is 0 Å². The minimum absolute atomic E-state index is 0.0175. The molecule has 1 aromatic heterocycles. The van der Waals surface area contributed by atoms with Crippen molar-refractivity contribution in [3.63, 3.8) is 0 Å². The highest BCUT2D eigenvalue weighted by Gasteiger charge is 2.22. The summed E-state index contributed by atoms with van der Waals surface area (Å²) in [7, 11) is 0. The molecule has 0 atom stereocenters. The Kier molecular flexibility index (Phi) is 4.98. The number of nitrogens with zero attached hydrogens (tertiary/aromatic N) is 2.